The van der Waals surface area contributed by atoms with E-state index in [0.717, 1.165) is 5.52 Å². The van der Waals surface area contributed by atoms with Crippen LogP contribution >= 0.6 is 0 Å². The third kappa shape index (κ3) is 2.89. The first-order valence-corrected chi connectivity index (χ1v) is 5.17. The monoisotopic (exact) mass is 260 g/mol. The number of pyridine rings is 1. The summed E-state index contributed by atoms with van der Waals surface area (Å²) >= 11 is 0. The number of ether oxygens (including phenoxy) is 1. The van der Waals surface area contributed by atoms with Gasteiger partial charge in [-0.05, 0) is 6.07 Å². The van der Waals surface area contributed by atoms with Gasteiger partial charge >= 0.3 is 6.18 Å². The Bertz CT molecular complexity index is 537. The van der Waals surface area contributed by atoms with Crippen LogP contribution in [0.1, 0.15) is 0 Å². The number of nitrogens with two attached hydrogens (primary N) is 1. The van der Waals surface area contributed by atoms with Crippen molar-refractivity contribution in [2.75, 3.05) is 18.9 Å². The summed E-state index contributed by atoms with van der Waals surface area (Å²) < 4.78 is 41.8. The average Bonchev–Trinajstić information content (AvgIpc) is 2.59. The summed E-state index contributed by atoms with van der Waals surface area (Å²) in [4.78, 5) is 7.93. The summed E-state index contributed by atoms with van der Waals surface area (Å²) in [6, 6.07) is 1.70. The molecule has 0 aliphatic heterocycles. The van der Waals surface area contributed by atoms with Gasteiger partial charge in [0.25, 0.3) is 0 Å². The van der Waals surface area contributed by atoms with E-state index < -0.39 is 12.8 Å². The maximum absolute atomic E-state index is 11.9. The summed E-state index contributed by atoms with van der Waals surface area (Å²) in [5.41, 5.74) is 6.99. The molecule has 2 aromatic rings. The lowest BCUT2D eigenvalue weighted by Crippen LogP contribution is -2.19. The molecular formula is C10H11F3N4O. The largest absolute Gasteiger partial charge is 0.411 e. The van der Waals surface area contributed by atoms with Crippen molar-refractivity contribution in [3.63, 3.8) is 0 Å². The molecule has 0 bridgehead atoms. The van der Waals surface area contributed by atoms with E-state index in [1.54, 1.807) is 23.0 Å². The topological polar surface area (TPSA) is 66.0 Å². The SMILES string of the molecule is Nc1nc2cnccc2n1CCOCC(F)(F)F. The van der Waals surface area contributed by atoms with Crippen LogP contribution in [-0.2, 0) is 11.3 Å². The molecule has 2 heterocycles. The lowest BCUT2D eigenvalue weighted by Gasteiger charge is -2.09. The molecule has 0 amide bonds. The fourth-order valence-electron chi connectivity index (χ4n) is 1.58. The molecule has 0 unspecified atom stereocenters. The molecule has 0 atom stereocenters. The van der Waals surface area contributed by atoms with Gasteiger partial charge in [0.2, 0.25) is 5.95 Å². The molecule has 2 N–H and O–H groups in total. The Balaban J connectivity index is 2.01. The zero-order valence-electron chi connectivity index (χ0n) is 9.31. The van der Waals surface area contributed by atoms with Crippen molar-refractivity contribution in [3.8, 4) is 0 Å². The van der Waals surface area contributed by atoms with Gasteiger partial charge in [-0.3, -0.25) is 4.98 Å². The number of anilines is 1. The van der Waals surface area contributed by atoms with Gasteiger partial charge in [-0.2, -0.15) is 13.2 Å². The van der Waals surface area contributed by atoms with Crippen molar-refractivity contribution in [2.24, 2.45) is 0 Å². The van der Waals surface area contributed by atoms with Crippen LogP contribution in [0.15, 0.2) is 18.5 Å². The van der Waals surface area contributed by atoms with Crippen LogP contribution in [-0.4, -0.2) is 33.9 Å². The van der Waals surface area contributed by atoms with Crippen molar-refractivity contribution in [1.29, 1.82) is 0 Å². The van der Waals surface area contributed by atoms with E-state index in [9.17, 15) is 13.2 Å². The fraction of sp³-hybridized carbons (Fsp3) is 0.400. The highest BCUT2D eigenvalue weighted by molar-refractivity contribution is 5.76. The molecular weight excluding hydrogens is 249 g/mol. The van der Waals surface area contributed by atoms with Gasteiger partial charge in [0.1, 0.15) is 12.1 Å². The third-order valence-corrected chi connectivity index (χ3v) is 2.31. The number of aromatic nitrogens is 3. The summed E-state index contributed by atoms with van der Waals surface area (Å²) in [5, 5.41) is 0. The molecule has 2 rings (SSSR count). The second-order valence-corrected chi connectivity index (χ2v) is 3.65. The number of fused-ring (bicyclic) bond motifs is 1. The van der Waals surface area contributed by atoms with Crippen molar-refractivity contribution < 1.29 is 17.9 Å². The molecule has 0 fully saturated rings. The highest BCUT2D eigenvalue weighted by atomic mass is 19.4. The molecule has 0 spiro atoms. The van der Waals surface area contributed by atoms with Crippen LogP contribution in [0.4, 0.5) is 19.1 Å². The zero-order valence-corrected chi connectivity index (χ0v) is 9.31. The van der Waals surface area contributed by atoms with Crippen molar-refractivity contribution in [3.05, 3.63) is 18.5 Å². The summed E-state index contributed by atoms with van der Waals surface area (Å²) in [5.74, 6) is 0.230. The first kappa shape index (κ1) is 12.6. The van der Waals surface area contributed by atoms with Crippen molar-refractivity contribution in [1.82, 2.24) is 14.5 Å². The normalized spacial score (nSPS) is 12.2. The van der Waals surface area contributed by atoms with Crippen molar-refractivity contribution in [2.45, 2.75) is 12.7 Å². The van der Waals surface area contributed by atoms with Gasteiger partial charge in [0.15, 0.2) is 0 Å². The molecule has 0 aliphatic rings. The van der Waals surface area contributed by atoms with E-state index in [2.05, 4.69) is 14.7 Å². The second kappa shape index (κ2) is 4.81. The van der Waals surface area contributed by atoms with E-state index in [4.69, 9.17) is 5.73 Å². The lowest BCUT2D eigenvalue weighted by atomic mass is 10.4. The van der Waals surface area contributed by atoms with Crippen LogP contribution in [0.2, 0.25) is 0 Å². The Labute approximate surface area is 100 Å². The number of nitrogen functional groups attached to an aromatic ring is 1. The zero-order chi connectivity index (χ0) is 13.2. The smallest absolute Gasteiger partial charge is 0.370 e. The molecule has 0 saturated heterocycles. The van der Waals surface area contributed by atoms with Gasteiger partial charge in [0.05, 0.1) is 18.3 Å². The Morgan fingerprint density at radius 1 is 1.39 bits per heavy atom. The van der Waals surface area contributed by atoms with E-state index in [1.807, 2.05) is 0 Å². The maximum atomic E-state index is 11.9. The summed E-state index contributed by atoms with van der Waals surface area (Å²) in [6.45, 7) is -1.14. The number of hydrogen-bond donors (Lipinski definition) is 1. The third-order valence-electron chi connectivity index (χ3n) is 2.31. The maximum Gasteiger partial charge on any atom is 0.411 e. The van der Waals surface area contributed by atoms with Gasteiger partial charge < -0.3 is 15.0 Å². The molecule has 98 valence electrons. The van der Waals surface area contributed by atoms with E-state index in [0.29, 0.717) is 5.52 Å². The molecule has 8 heteroatoms. The minimum atomic E-state index is -4.31. The minimum Gasteiger partial charge on any atom is -0.370 e. The highest BCUT2D eigenvalue weighted by Gasteiger charge is 2.27. The van der Waals surface area contributed by atoms with Gasteiger partial charge in [-0.15, -0.1) is 0 Å². The second-order valence-electron chi connectivity index (χ2n) is 3.65. The lowest BCUT2D eigenvalue weighted by molar-refractivity contribution is -0.174. The summed E-state index contributed by atoms with van der Waals surface area (Å²) in [6.07, 6.45) is -1.21. The highest BCUT2D eigenvalue weighted by Crippen LogP contribution is 2.17. The van der Waals surface area contributed by atoms with Gasteiger partial charge in [-0.25, -0.2) is 4.98 Å². The predicted molar refractivity (Wildman–Crippen MR) is 58.8 cm³/mol. The molecule has 18 heavy (non-hydrogen) atoms. The molecule has 0 aromatic carbocycles. The van der Waals surface area contributed by atoms with Gasteiger partial charge in [-0.1, -0.05) is 0 Å². The predicted octanol–water partition coefficient (Wildman–Crippen LogP) is 1.59. The molecule has 5 nitrogen and oxygen atoms in total. The Morgan fingerprint density at radius 3 is 2.89 bits per heavy atom. The first-order valence-electron chi connectivity index (χ1n) is 5.17. The van der Waals surface area contributed by atoms with Crippen LogP contribution in [0, 0.1) is 0 Å². The van der Waals surface area contributed by atoms with Crippen LogP contribution in [0.3, 0.4) is 0 Å². The Morgan fingerprint density at radius 2 is 2.17 bits per heavy atom. The quantitative estimate of drug-likeness (QED) is 0.848. The van der Waals surface area contributed by atoms with E-state index >= 15 is 0 Å². The number of alkyl halides is 3. The number of imidazole rings is 1. The number of nitrogens with zero attached hydrogens (tertiary/aromatic N) is 3. The van der Waals surface area contributed by atoms with E-state index in [-0.39, 0.29) is 19.1 Å². The Hall–Kier alpha value is -1.83. The molecule has 2 aromatic heterocycles. The van der Waals surface area contributed by atoms with Crippen LogP contribution in [0.5, 0.6) is 0 Å². The Kier molecular flexibility index (Phi) is 3.37. The first-order chi connectivity index (χ1) is 8.47. The molecule has 0 saturated carbocycles. The summed E-state index contributed by atoms with van der Waals surface area (Å²) in [7, 11) is 0. The number of halogens is 3. The number of rotatable bonds is 4. The van der Waals surface area contributed by atoms with Gasteiger partial charge in [0, 0.05) is 12.7 Å². The standard InChI is InChI=1S/C10H11F3N4O/c11-10(12,13)6-18-4-3-17-8-1-2-15-5-7(8)16-9(17)14/h1-2,5H,3-4,6H2,(H2,14,16). The average molecular weight is 260 g/mol. The fourth-order valence-corrected chi connectivity index (χ4v) is 1.58. The minimum absolute atomic E-state index is 0.0858. The van der Waals surface area contributed by atoms with Crippen molar-refractivity contribution >= 4 is 17.0 Å². The van der Waals surface area contributed by atoms with E-state index in [1.165, 1.54) is 0 Å². The molecule has 0 aliphatic carbocycles. The molecule has 0 radical (unpaired) electrons. The van der Waals surface area contributed by atoms with Crippen LogP contribution < -0.4 is 5.73 Å². The number of hydrogen-bond acceptors (Lipinski definition) is 4. The van der Waals surface area contributed by atoms with Crippen LogP contribution in [0.25, 0.3) is 11.0 Å².